The fourth-order valence-electron chi connectivity index (χ4n) is 2.31. The van der Waals surface area contributed by atoms with Crippen molar-refractivity contribution in [1.82, 2.24) is 10.2 Å². The lowest BCUT2D eigenvalue weighted by atomic mass is 10.1. The molecule has 2 rings (SSSR count). The van der Waals surface area contributed by atoms with Crippen molar-refractivity contribution in [3.8, 4) is 0 Å². The Morgan fingerprint density at radius 1 is 1.46 bits per heavy atom. The summed E-state index contributed by atoms with van der Waals surface area (Å²) in [4.78, 5) is 2.69. The number of rotatable bonds is 1. The van der Waals surface area contributed by atoms with E-state index in [4.69, 9.17) is 0 Å². The molecule has 2 atom stereocenters. The Morgan fingerprint density at radius 3 is 3.08 bits per heavy atom. The van der Waals surface area contributed by atoms with Gasteiger partial charge in [-0.15, -0.1) is 0 Å². The van der Waals surface area contributed by atoms with E-state index < -0.39 is 0 Å². The molecule has 1 unspecified atom stereocenters. The van der Waals surface area contributed by atoms with Crippen molar-refractivity contribution >= 4 is 11.8 Å². The highest BCUT2D eigenvalue weighted by molar-refractivity contribution is 7.99. The van der Waals surface area contributed by atoms with Crippen LogP contribution in [0.3, 0.4) is 0 Å². The highest BCUT2D eigenvalue weighted by Crippen LogP contribution is 2.22. The van der Waals surface area contributed by atoms with Gasteiger partial charge in [0, 0.05) is 37.5 Å². The van der Waals surface area contributed by atoms with Crippen LogP contribution in [-0.4, -0.2) is 48.1 Å². The van der Waals surface area contributed by atoms with Crippen LogP contribution < -0.4 is 5.32 Å². The Hall–Kier alpha value is 0.270. The van der Waals surface area contributed by atoms with Gasteiger partial charge in [0.15, 0.2) is 0 Å². The van der Waals surface area contributed by atoms with Gasteiger partial charge in [-0.3, -0.25) is 4.90 Å². The third kappa shape index (κ3) is 2.61. The van der Waals surface area contributed by atoms with Crippen LogP contribution in [-0.2, 0) is 0 Å². The number of hydrogen-bond donors (Lipinski definition) is 1. The van der Waals surface area contributed by atoms with E-state index >= 15 is 0 Å². The molecule has 0 aromatic rings. The van der Waals surface area contributed by atoms with E-state index in [0.717, 1.165) is 6.04 Å². The minimum Gasteiger partial charge on any atom is -0.312 e. The predicted molar refractivity (Wildman–Crippen MR) is 59.4 cm³/mol. The normalized spacial score (nSPS) is 37.6. The molecule has 2 aliphatic heterocycles. The second kappa shape index (κ2) is 4.67. The van der Waals surface area contributed by atoms with Crippen molar-refractivity contribution in [2.45, 2.75) is 31.8 Å². The second-order valence-electron chi connectivity index (χ2n) is 4.22. The van der Waals surface area contributed by atoms with Gasteiger partial charge in [0.1, 0.15) is 0 Å². The van der Waals surface area contributed by atoms with E-state index in [1.807, 2.05) is 0 Å². The summed E-state index contributed by atoms with van der Waals surface area (Å²) in [5.41, 5.74) is 0. The fraction of sp³-hybridized carbons (Fsp3) is 1.00. The smallest absolute Gasteiger partial charge is 0.0187 e. The van der Waals surface area contributed by atoms with E-state index in [1.165, 1.54) is 44.0 Å². The quantitative estimate of drug-likeness (QED) is 0.684. The Morgan fingerprint density at radius 2 is 2.38 bits per heavy atom. The van der Waals surface area contributed by atoms with Crippen LogP contribution >= 0.6 is 11.8 Å². The summed E-state index contributed by atoms with van der Waals surface area (Å²) in [5.74, 6) is 2.75. The molecule has 0 spiro atoms. The van der Waals surface area contributed by atoms with Gasteiger partial charge < -0.3 is 5.32 Å². The molecule has 0 aromatic heterocycles. The first-order valence-corrected chi connectivity index (χ1v) is 6.57. The lowest BCUT2D eigenvalue weighted by Gasteiger charge is -2.39. The summed E-state index contributed by atoms with van der Waals surface area (Å²) < 4.78 is 0. The Bertz CT molecular complexity index is 157. The van der Waals surface area contributed by atoms with Gasteiger partial charge in [0.25, 0.3) is 0 Å². The molecule has 2 saturated heterocycles. The number of piperazine rings is 1. The highest BCUT2D eigenvalue weighted by atomic mass is 32.2. The summed E-state index contributed by atoms with van der Waals surface area (Å²) >= 11 is 2.14. The van der Waals surface area contributed by atoms with Crippen molar-refractivity contribution in [1.29, 1.82) is 0 Å². The van der Waals surface area contributed by atoms with Crippen LogP contribution in [0, 0.1) is 0 Å². The van der Waals surface area contributed by atoms with Gasteiger partial charge in [-0.1, -0.05) is 0 Å². The van der Waals surface area contributed by atoms with Gasteiger partial charge in [0.2, 0.25) is 0 Å². The maximum atomic E-state index is 3.50. The minimum atomic E-state index is 0.695. The molecule has 0 radical (unpaired) electrons. The molecule has 0 aliphatic carbocycles. The molecule has 3 heteroatoms. The third-order valence-electron chi connectivity index (χ3n) is 3.05. The summed E-state index contributed by atoms with van der Waals surface area (Å²) in [5, 5.41) is 3.50. The van der Waals surface area contributed by atoms with Crippen molar-refractivity contribution < 1.29 is 0 Å². The highest BCUT2D eigenvalue weighted by Gasteiger charge is 2.24. The van der Waals surface area contributed by atoms with Crippen LogP contribution in [0.2, 0.25) is 0 Å². The molecule has 2 fully saturated rings. The SMILES string of the molecule is C[C@@H]1CN(C2CCCSC2)CCN1. The molecule has 13 heavy (non-hydrogen) atoms. The molecule has 1 N–H and O–H groups in total. The van der Waals surface area contributed by atoms with Crippen molar-refractivity contribution in [2.75, 3.05) is 31.1 Å². The van der Waals surface area contributed by atoms with Crippen molar-refractivity contribution in [3.63, 3.8) is 0 Å². The average molecular weight is 200 g/mol. The topological polar surface area (TPSA) is 15.3 Å². The first-order valence-electron chi connectivity index (χ1n) is 5.41. The largest absolute Gasteiger partial charge is 0.312 e. The van der Waals surface area contributed by atoms with Crippen molar-refractivity contribution in [2.24, 2.45) is 0 Å². The number of nitrogens with zero attached hydrogens (tertiary/aromatic N) is 1. The van der Waals surface area contributed by atoms with E-state index in [9.17, 15) is 0 Å². The lowest BCUT2D eigenvalue weighted by Crippen LogP contribution is -2.53. The van der Waals surface area contributed by atoms with Crippen molar-refractivity contribution in [3.05, 3.63) is 0 Å². The molecule has 76 valence electrons. The van der Waals surface area contributed by atoms with Gasteiger partial charge in [-0.2, -0.15) is 11.8 Å². The van der Waals surface area contributed by atoms with Crippen LogP contribution in [0.4, 0.5) is 0 Å². The van der Waals surface area contributed by atoms with Crippen LogP contribution in [0.25, 0.3) is 0 Å². The minimum absolute atomic E-state index is 0.695. The third-order valence-corrected chi connectivity index (χ3v) is 4.25. The first-order chi connectivity index (χ1) is 6.36. The zero-order chi connectivity index (χ0) is 9.10. The number of nitrogens with one attached hydrogen (secondary N) is 1. The summed E-state index contributed by atoms with van der Waals surface area (Å²) in [6, 6.07) is 1.57. The Labute approximate surface area is 85.4 Å². The maximum Gasteiger partial charge on any atom is 0.0187 e. The Kier molecular flexibility index (Phi) is 3.52. The average Bonchev–Trinajstić information content (AvgIpc) is 2.19. The molecular formula is C10H20N2S. The van der Waals surface area contributed by atoms with E-state index in [2.05, 4.69) is 28.9 Å². The first kappa shape index (κ1) is 9.81. The molecule has 0 aromatic carbocycles. The fourth-order valence-corrected chi connectivity index (χ4v) is 3.49. The Balaban J connectivity index is 1.83. The van der Waals surface area contributed by atoms with Crippen LogP contribution in [0.5, 0.6) is 0 Å². The lowest BCUT2D eigenvalue weighted by molar-refractivity contribution is 0.152. The molecule has 2 heterocycles. The summed E-state index contributed by atoms with van der Waals surface area (Å²) in [7, 11) is 0. The van der Waals surface area contributed by atoms with Gasteiger partial charge in [-0.25, -0.2) is 0 Å². The zero-order valence-corrected chi connectivity index (χ0v) is 9.28. The van der Waals surface area contributed by atoms with E-state index in [-0.39, 0.29) is 0 Å². The monoisotopic (exact) mass is 200 g/mol. The summed E-state index contributed by atoms with van der Waals surface area (Å²) in [6.07, 6.45) is 2.85. The molecule has 0 amide bonds. The molecule has 2 aliphatic rings. The van der Waals surface area contributed by atoms with Gasteiger partial charge in [0.05, 0.1) is 0 Å². The van der Waals surface area contributed by atoms with Gasteiger partial charge in [-0.05, 0) is 25.5 Å². The maximum absolute atomic E-state index is 3.50. The molecule has 0 saturated carbocycles. The number of hydrogen-bond acceptors (Lipinski definition) is 3. The van der Waals surface area contributed by atoms with E-state index in [0.29, 0.717) is 6.04 Å². The molecular weight excluding hydrogens is 180 g/mol. The molecule has 2 nitrogen and oxygen atoms in total. The van der Waals surface area contributed by atoms with Gasteiger partial charge >= 0.3 is 0 Å². The second-order valence-corrected chi connectivity index (χ2v) is 5.37. The number of thioether (sulfide) groups is 1. The zero-order valence-electron chi connectivity index (χ0n) is 8.46. The van der Waals surface area contributed by atoms with Crippen LogP contribution in [0.15, 0.2) is 0 Å². The standard InChI is InChI=1S/C10H20N2S/c1-9-7-12(5-4-11-9)10-3-2-6-13-8-10/h9-11H,2-8H2,1H3/t9-,10?/m1/s1. The predicted octanol–water partition coefficient (Wildman–Crippen LogP) is 1.18. The van der Waals surface area contributed by atoms with Crippen LogP contribution in [0.1, 0.15) is 19.8 Å². The van der Waals surface area contributed by atoms with E-state index in [1.54, 1.807) is 0 Å². The summed E-state index contributed by atoms with van der Waals surface area (Å²) in [6.45, 7) is 5.99. The molecule has 0 bridgehead atoms.